The molecule has 0 aromatic carbocycles. The summed E-state index contributed by atoms with van der Waals surface area (Å²) in [4.78, 5) is 22.8. The Morgan fingerprint density at radius 1 is 1.33 bits per heavy atom. The van der Waals surface area contributed by atoms with Crippen molar-refractivity contribution < 1.29 is 14.3 Å². The molecule has 0 radical (unpaired) electrons. The van der Waals surface area contributed by atoms with Crippen molar-refractivity contribution in [1.29, 1.82) is 0 Å². The molecule has 2 fully saturated rings. The Balaban J connectivity index is 2.09. The zero-order valence-electron chi connectivity index (χ0n) is 7.13. The molecule has 0 aromatic rings. The summed E-state index contributed by atoms with van der Waals surface area (Å²) in [5.74, 6) is -0.0136. The fourth-order valence-corrected chi connectivity index (χ4v) is 1.61. The van der Waals surface area contributed by atoms with Gasteiger partial charge in [-0.15, -0.1) is 0 Å². The minimum Gasteiger partial charge on any atom is -0.468 e. The number of carbonyl (C=O) groups is 2. The van der Waals surface area contributed by atoms with Gasteiger partial charge in [-0.1, -0.05) is 0 Å². The lowest BCUT2D eigenvalue weighted by Gasteiger charge is -2.09. The molecule has 0 saturated heterocycles. The fourth-order valence-electron chi connectivity index (χ4n) is 1.61. The monoisotopic (exact) mass is 168 g/mol. The molecule has 2 saturated carbocycles. The summed E-state index contributed by atoms with van der Waals surface area (Å²) in [6, 6.07) is 0. The molecule has 2 aliphatic carbocycles. The standard InChI is InChI=1S/C9H12O3/c1-12-8(11)9(4-5-9)7(10)6-2-3-6/h6H,2-5H2,1H3. The van der Waals surface area contributed by atoms with E-state index >= 15 is 0 Å². The highest BCUT2D eigenvalue weighted by atomic mass is 16.5. The zero-order valence-corrected chi connectivity index (χ0v) is 7.13. The molecule has 3 heteroatoms. The van der Waals surface area contributed by atoms with E-state index in [1.807, 2.05) is 0 Å². The summed E-state index contributed by atoms with van der Waals surface area (Å²) in [6.45, 7) is 0. The van der Waals surface area contributed by atoms with Crippen LogP contribution in [0, 0.1) is 11.3 Å². The van der Waals surface area contributed by atoms with E-state index in [0.717, 1.165) is 12.8 Å². The number of hydrogen-bond donors (Lipinski definition) is 0. The Hall–Kier alpha value is -0.860. The summed E-state index contributed by atoms with van der Waals surface area (Å²) >= 11 is 0. The minimum atomic E-state index is -0.698. The Labute approximate surface area is 71.1 Å². The van der Waals surface area contributed by atoms with Crippen LogP contribution in [0.4, 0.5) is 0 Å². The second-order valence-electron chi connectivity index (χ2n) is 3.71. The zero-order chi connectivity index (χ0) is 8.77. The van der Waals surface area contributed by atoms with Gasteiger partial charge in [0.1, 0.15) is 5.41 Å². The van der Waals surface area contributed by atoms with Crippen LogP contribution in [0.3, 0.4) is 0 Å². The topological polar surface area (TPSA) is 43.4 Å². The second-order valence-corrected chi connectivity index (χ2v) is 3.71. The molecule has 0 heterocycles. The van der Waals surface area contributed by atoms with Gasteiger partial charge in [-0.05, 0) is 25.7 Å². The van der Waals surface area contributed by atoms with Crippen LogP contribution in [0.5, 0.6) is 0 Å². The van der Waals surface area contributed by atoms with Crippen molar-refractivity contribution in [2.24, 2.45) is 11.3 Å². The summed E-state index contributed by atoms with van der Waals surface area (Å²) in [5.41, 5.74) is -0.698. The summed E-state index contributed by atoms with van der Waals surface area (Å²) in [7, 11) is 1.35. The van der Waals surface area contributed by atoms with E-state index in [1.165, 1.54) is 7.11 Å². The highest BCUT2D eigenvalue weighted by Crippen LogP contribution is 2.52. The van der Waals surface area contributed by atoms with Crippen LogP contribution >= 0.6 is 0 Å². The van der Waals surface area contributed by atoms with E-state index in [-0.39, 0.29) is 17.7 Å². The number of rotatable bonds is 3. The lowest BCUT2D eigenvalue weighted by molar-refractivity contribution is -0.151. The molecular formula is C9H12O3. The molecule has 12 heavy (non-hydrogen) atoms. The van der Waals surface area contributed by atoms with Crippen LogP contribution in [-0.4, -0.2) is 18.9 Å². The number of carbonyl (C=O) groups excluding carboxylic acids is 2. The van der Waals surface area contributed by atoms with Crippen molar-refractivity contribution >= 4 is 11.8 Å². The number of ketones is 1. The quantitative estimate of drug-likeness (QED) is 0.465. The molecule has 0 spiro atoms. The van der Waals surface area contributed by atoms with Gasteiger partial charge in [0.05, 0.1) is 7.11 Å². The average molecular weight is 168 g/mol. The Morgan fingerprint density at radius 3 is 2.25 bits per heavy atom. The van der Waals surface area contributed by atoms with Crippen LogP contribution in [-0.2, 0) is 14.3 Å². The molecule has 0 N–H and O–H groups in total. The molecule has 0 unspecified atom stereocenters. The molecule has 0 atom stereocenters. The molecule has 0 aliphatic heterocycles. The highest BCUT2D eigenvalue weighted by molar-refractivity contribution is 6.08. The molecule has 0 amide bonds. The lowest BCUT2D eigenvalue weighted by atomic mass is 9.98. The third kappa shape index (κ3) is 0.958. The number of esters is 1. The largest absolute Gasteiger partial charge is 0.468 e. The van der Waals surface area contributed by atoms with Gasteiger partial charge in [0.15, 0.2) is 5.78 Å². The molecule has 0 bridgehead atoms. The van der Waals surface area contributed by atoms with Crippen LogP contribution in [0.15, 0.2) is 0 Å². The molecular weight excluding hydrogens is 156 g/mol. The van der Waals surface area contributed by atoms with E-state index < -0.39 is 5.41 Å². The first-order chi connectivity index (χ1) is 5.70. The third-order valence-electron chi connectivity index (χ3n) is 2.75. The molecule has 0 aromatic heterocycles. The van der Waals surface area contributed by atoms with E-state index in [0.29, 0.717) is 12.8 Å². The fraction of sp³-hybridized carbons (Fsp3) is 0.778. The third-order valence-corrected chi connectivity index (χ3v) is 2.75. The Bertz CT molecular complexity index is 236. The van der Waals surface area contributed by atoms with Crippen molar-refractivity contribution in [3.05, 3.63) is 0 Å². The normalized spacial score (nSPS) is 24.8. The number of ether oxygens (including phenoxy) is 1. The van der Waals surface area contributed by atoms with Crippen LogP contribution in [0.1, 0.15) is 25.7 Å². The van der Waals surface area contributed by atoms with Crippen molar-refractivity contribution in [3.63, 3.8) is 0 Å². The maximum absolute atomic E-state index is 11.6. The van der Waals surface area contributed by atoms with Crippen molar-refractivity contribution in [2.75, 3.05) is 7.11 Å². The van der Waals surface area contributed by atoms with E-state index in [9.17, 15) is 9.59 Å². The second kappa shape index (κ2) is 2.31. The van der Waals surface area contributed by atoms with Gasteiger partial charge < -0.3 is 4.74 Å². The van der Waals surface area contributed by atoms with Crippen LogP contribution in [0.25, 0.3) is 0 Å². The van der Waals surface area contributed by atoms with Crippen molar-refractivity contribution in [2.45, 2.75) is 25.7 Å². The number of Topliss-reactive ketones (excluding diaryl/α,β-unsaturated/α-hetero) is 1. The lowest BCUT2D eigenvalue weighted by Crippen LogP contribution is -2.28. The first-order valence-electron chi connectivity index (χ1n) is 4.33. The van der Waals surface area contributed by atoms with Crippen molar-refractivity contribution in [1.82, 2.24) is 0 Å². The van der Waals surface area contributed by atoms with Gasteiger partial charge in [0.2, 0.25) is 0 Å². The molecule has 2 aliphatic rings. The molecule has 3 nitrogen and oxygen atoms in total. The van der Waals surface area contributed by atoms with Crippen LogP contribution < -0.4 is 0 Å². The van der Waals surface area contributed by atoms with Gasteiger partial charge in [0.25, 0.3) is 0 Å². The van der Waals surface area contributed by atoms with Gasteiger partial charge in [-0.25, -0.2) is 0 Å². The van der Waals surface area contributed by atoms with E-state index in [4.69, 9.17) is 0 Å². The number of hydrogen-bond acceptors (Lipinski definition) is 3. The minimum absolute atomic E-state index is 0.134. The maximum Gasteiger partial charge on any atom is 0.319 e. The summed E-state index contributed by atoms with van der Waals surface area (Å²) in [5, 5.41) is 0. The van der Waals surface area contributed by atoms with Gasteiger partial charge in [-0.3, -0.25) is 9.59 Å². The first kappa shape index (κ1) is 7.77. The molecule has 2 rings (SSSR count). The smallest absolute Gasteiger partial charge is 0.319 e. The number of methoxy groups -OCH3 is 1. The highest BCUT2D eigenvalue weighted by Gasteiger charge is 2.60. The van der Waals surface area contributed by atoms with E-state index in [1.54, 1.807) is 0 Å². The summed E-state index contributed by atoms with van der Waals surface area (Å²) in [6.07, 6.45) is 3.35. The van der Waals surface area contributed by atoms with Gasteiger partial charge >= 0.3 is 5.97 Å². The first-order valence-corrected chi connectivity index (χ1v) is 4.33. The predicted molar refractivity (Wildman–Crippen MR) is 41.4 cm³/mol. The van der Waals surface area contributed by atoms with Gasteiger partial charge in [-0.2, -0.15) is 0 Å². The average Bonchev–Trinajstić information content (AvgIpc) is 2.92. The Morgan fingerprint density at radius 2 is 1.92 bits per heavy atom. The SMILES string of the molecule is COC(=O)C1(C(=O)C2CC2)CC1. The van der Waals surface area contributed by atoms with Crippen molar-refractivity contribution in [3.8, 4) is 0 Å². The van der Waals surface area contributed by atoms with Crippen LogP contribution in [0.2, 0.25) is 0 Å². The summed E-state index contributed by atoms with van der Waals surface area (Å²) < 4.78 is 4.62. The predicted octanol–water partition coefficient (Wildman–Crippen LogP) is 0.919. The molecule has 66 valence electrons. The van der Waals surface area contributed by atoms with E-state index in [2.05, 4.69) is 4.74 Å². The Kier molecular flexibility index (Phi) is 1.50. The van der Waals surface area contributed by atoms with Gasteiger partial charge in [0, 0.05) is 5.92 Å². The maximum atomic E-state index is 11.6.